The number of hydrogen-bond acceptors (Lipinski definition) is 2. The fourth-order valence-corrected chi connectivity index (χ4v) is 7.81. The SMILES string of the molecule is c1ccc(-c2cccc(Nc3cc4c(cc3-c3ccc5c(c3)sc3ccccc35)c3ccccc3n4-c3ccccc3)c2)cc1. The topological polar surface area (TPSA) is 17.0 Å². The standard InChI is InChI=1S/C42H28N2S/c1-3-12-28(13-4-1)29-14-11-15-31(24-29)43-38-27-40-37(33-18-7-9-20-39(33)44(40)32-16-5-2-6-17-32)26-36(38)30-22-23-35-34-19-8-10-21-41(34)45-42(35)25-30/h1-27,43H. The molecule has 9 aromatic rings. The van der Waals surface area contributed by atoms with Gasteiger partial charge >= 0.3 is 0 Å². The van der Waals surface area contributed by atoms with E-state index in [0.717, 1.165) is 17.1 Å². The number of aromatic nitrogens is 1. The lowest BCUT2D eigenvalue weighted by molar-refractivity contribution is 1.18. The molecule has 9 rings (SSSR count). The van der Waals surface area contributed by atoms with E-state index < -0.39 is 0 Å². The van der Waals surface area contributed by atoms with Gasteiger partial charge in [-0.3, -0.25) is 0 Å². The Morgan fingerprint density at radius 1 is 0.422 bits per heavy atom. The van der Waals surface area contributed by atoms with Gasteiger partial charge in [-0.1, -0.05) is 109 Å². The Kier molecular flexibility index (Phi) is 6.03. The summed E-state index contributed by atoms with van der Waals surface area (Å²) in [6, 6.07) is 59.0. The van der Waals surface area contributed by atoms with Crippen molar-refractivity contribution in [2.45, 2.75) is 0 Å². The fraction of sp³-hybridized carbons (Fsp3) is 0. The molecule has 0 aliphatic heterocycles. The summed E-state index contributed by atoms with van der Waals surface area (Å²) >= 11 is 1.86. The number of rotatable bonds is 5. The van der Waals surface area contributed by atoms with Crippen LogP contribution in [0, 0.1) is 0 Å². The molecule has 1 N–H and O–H groups in total. The van der Waals surface area contributed by atoms with E-state index in [1.807, 2.05) is 11.3 Å². The second-order valence-corrected chi connectivity index (χ2v) is 12.6. The van der Waals surface area contributed by atoms with E-state index in [0.29, 0.717) is 0 Å². The zero-order valence-electron chi connectivity index (χ0n) is 24.4. The summed E-state index contributed by atoms with van der Waals surface area (Å²) in [6.07, 6.45) is 0. The van der Waals surface area contributed by atoms with E-state index in [-0.39, 0.29) is 0 Å². The molecule has 0 aliphatic rings. The molecular formula is C42H28N2S. The van der Waals surface area contributed by atoms with Crippen LogP contribution in [0.3, 0.4) is 0 Å². The molecule has 0 saturated heterocycles. The highest BCUT2D eigenvalue weighted by molar-refractivity contribution is 7.25. The Morgan fingerprint density at radius 3 is 2.00 bits per heavy atom. The summed E-state index contributed by atoms with van der Waals surface area (Å²) in [6.45, 7) is 0. The predicted octanol–water partition coefficient (Wildman–Crippen LogP) is 12.2. The quantitative estimate of drug-likeness (QED) is 0.210. The van der Waals surface area contributed by atoms with Crippen LogP contribution in [0.15, 0.2) is 164 Å². The Hall–Kier alpha value is -5.64. The zero-order valence-corrected chi connectivity index (χ0v) is 25.3. The average molecular weight is 593 g/mol. The van der Waals surface area contributed by atoms with Gasteiger partial charge in [0.05, 0.1) is 11.0 Å². The van der Waals surface area contributed by atoms with Crippen molar-refractivity contribution in [2.24, 2.45) is 0 Å². The van der Waals surface area contributed by atoms with Crippen molar-refractivity contribution in [3.63, 3.8) is 0 Å². The summed E-state index contributed by atoms with van der Waals surface area (Å²) in [5, 5.41) is 8.98. The van der Waals surface area contributed by atoms with E-state index >= 15 is 0 Å². The Morgan fingerprint density at radius 2 is 1.13 bits per heavy atom. The third-order valence-corrected chi connectivity index (χ3v) is 9.90. The molecule has 2 heterocycles. The molecule has 3 heteroatoms. The zero-order chi connectivity index (χ0) is 29.7. The maximum Gasteiger partial charge on any atom is 0.0562 e. The molecule has 45 heavy (non-hydrogen) atoms. The molecule has 2 nitrogen and oxygen atoms in total. The third kappa shape index (κ3) is 4.40. The molecule has 212 valence electrons. The van der Waals surface area contributed by atoms with E-state index in [2.05, 4.69) is 174 Å². The van der Waals surface area contributed by atoms with E-state index in [1.165, 1.54) is 64.2 Å². The average Bonchev–Trinajstić information content (AvgIpc) is 3.63. The summed E-state index contributed by atoms with van der Waals surface area (Å²) < 4.78 is 5.01. The van der Waals surface area contributed by atoms with Crippen LogP contribution in [0.4, 0.5) is 11.4 Å². The van der Waals surface area contributed by atoms with Crippen molar-refractivity contribution in [1.29, 1.82) is 0 Å². The van der Waals surface area contributed by atoms with Crippen molar-refractivity contribution in [1.82, 2.24) is 4.57 Å². The van der Waals surface area contributed by atoms with Crippen molar-refractivity contribution in [3.05, 3.63) is 164 Å². The highest BCUT2D eigenvalue weighted by atomic mass is 32.1. The van der Waals surface area contributed by atoms with Gasteiger partial charge in [0.25, 0.3) is 0 Å². The maximum atomic E-state index is 3.86. The van der Waals surface area contributed by atoms with Crippen LogP contribution in [0.2, 0.25) is 0 Å². The van der Waals surface area contributed by atoms with Crippen LogP contribution >= 0.6 is 11.3 Å². The number of nitrogens with zero attached hydrogens (tertiary/aromatic N) is 1. The second kappa shape index (κ2) is 10.5. The monoisotopic (exact) mass is 592 g/mol. The molecule has 0 spiro atoms. The predicted molar refractivity (Wildman–Crippen MR) is 194 cm³/mol. The van der Waals surface area contributed by atoms with Crippen LogP contribution in [-0.2, 0) is 0 Å². The molecule has 0 atom stereocenters. The van der Waals surface area contributed by atoms with Crippen LogP contribution in [-0.4, -0.2) is 4.57 Å². The van der Waals surface area contributed by atoms with Gasteiger partial charge in [0.15, 0.2) is 0 Å². The highest BCUT2D eigenvalue weighted by Crippen LogP contribution is 2.42. The molecule has 0 amide bonds. The van der Waals surface area contributed by atoms with E-state index in [9.17, 15) is 0 Å². The summed E-state index contributed by atoms with van der Waals surface area (Å²) in [5.41, 5.74) is 10.4. The van der Waals surface area contributed by atoms with Crippen molar-refractivity contribution < 1.29 is 0 Å². The van der Waals surface area contributed by atoms with Gasteiger partial charge in [0, 0.05) is 53.6 Å². The van der Waals surface area contributed by atoms with Crippen molar-refractivity contribution >= 4 is 64.7 Å². The molecule has 0 saturated carbocycles. The van der Waals surface area contributed by atoms with Crippen LogP contribution in [0.5, 0.6) is 0 Å². The lowest BCUT2D eigenvalue weighted by Gasteiger charge is -2.16. The van der Waals surface area contributed by atoms with Crippen LogP contribution in [0.1, 0.15) is 0 Å². The number of nitrogens with one attached hydrogen (secondary N) is 1. The van der Waals surface area contributed by atoms with Gasteiger partial charge in [-0.25, -0.2) is 0 Å². The van der Waals surface area contributed by atoms with E-state index in [1.54, 1.807) is 0 Å². The number of thiophene rings is 1. The minimum Gasteiger partial charge on any atom is -0.355 e. The molecule has 0 aliphatic carbocycles. The third-order valence-electron chi connectivity index (χ3n) is 8.76. The van der Waals surface area contributed by atoms with Gasteiger partial charge in [-0.15, -0.1) is 11.3 Å². The normalized spacial score (nSPS) is 11.6. The minimum absolute atomic E-state index is 1.06. The number of benzene rings is 7. The Labute approximate surface area is 265 Å². The molecule has 0 bridgehead atoms. The maximum absolute atomic E-state index is 3.86. The largest absolute Gasteiger partial charge is 0.355 e. The molecule has 7 aromatic carbocycles. The van der Waals surface area contributed by atoms with Crippen LogP contribution < -0.4 is 5.32 Å². The molecule has 0 radical (unpaired) electrons. The fourth-order valence-electron chi connectivity index (χ4n) is 6.67. The molecule has 2 aromatic heterocycles. The minimum atomic E-state index is 1.06. The van der Waals surface area contributed by atoms with Crippen LogP contribution in [0.25, 0.3) is 69.9 Å². The second-order valence-electron chi connectivity index (χ2n) is 11.5. The number of para-hydroxylation sites is 2. The summed E-state index contributed by atoms with van der Waals surface area (Å²) in [7, 11) is 0. The Balaban J connectivity index is 1.29. The van der Waals surface area contributed by atoms with Crippen molar-refractivity contribution in [3.8, 4) is 27.9 Å². The summed E-state index contributed by atoms with van der Waals surface area (Å²) in [4.78, 5) is 0. The van der Waals surface area contributed by atoms with Gasteiger partial charge in [-0.05, 0) is 71.3 Å². The molecular weight excluding hydrogens is 565 g/mol. The lowest BCUT2D eigenvalue weighted by Crippen LogP contribution is -1.97. The molecule has 0 fully saturated rings. The first-order chi connectivity index (χ1) is 22.3. The number of anilines is 2. The Bertz CT molecular complexity index is 2510. The summed E-state index contributed by atoms with van der Waals surface area (Å²) in [5.74, 6) is 0. The van der Waals surface area contributed by atoms with Gasteiger partial charge in [0.2, 0.25) is 0 Å². The first kappa shape index (κ1) is 25.8. The number of hydrogen-bond donors (Lipinski definition) is 1. The highest BCUT2D eigenvalue weighted by Gasteiger charge is 2.17. The van der Waals surface area contributed by atoms with Gasteiger partial charge in [-0.2, -0.15) is 0 Å². The van der Waals surface area contributed by atoms with Gasteiger partial charge in [0.1, 0.15) is 0 Å². The first-order valence-corrected chi connectivity index (χ1v) is 16.1. The first-order valence-electron chi connectivity index (χ1n) is 15.3. The smallest absolute Gasteiger partial charge is 0.0562 e. The molecule has 0 unspecified atom stereocenters. The number of fused-ring (bicyclic) bond motifs is 6. The van der Waals surface area contributed by atoms with E-state index in [4.69, 9.17) is 0 Å². The van der Waals surface area contributed by atoms with Gasteiger partial charge < -0.3 is 9.88 Å². The lowest BCUT2D eigenvalue weighted by atomic mass is 9.98. The van der Waals surface area contributed by atoms with Crippen molar-refractivity contribution in [2.75, 3.05) is 5.32 Å².